The number of aryl methyl sites for hydroxylation is 1. The third-order valence-corrected chi connectivity index (χ3v) is 3.19. The highest BCUT2D eigenvalue weighted by Crippen LogP contribution is 2.17. The number of aromatic nitrogens is 3. The van der Waals surface area contributed by atoms with E-state index in [1.165, 1.54) is 0 Å². The van der Waals surface area contributed by atoms with Crippen molar-refractivity contribution >= 4 is 34.2 Å². The van der Waals surface area contributed by atoms with Gasteiger partial charge in [-0.15, -0.1) is 5.10 Å². The summed E-state index contributed by atoms with van der Waals surface area (Å²) in [5.41, 5.74) is 2.75. The van der Waals surface area contributed by atoms with Gasteiger partial charge in [-0.1, -0.05) is 22.9 Å². The zero-order valence-electron chi connectivity index (χ0n) is 10.7. The van der Waals surface area contributed by atoms with E-state index in [4.69, 9.17) is 11.6 Å². The fourth-order valence-corrected chi connectivity index (χ4v) is 2.14. The van der Waals surface area contributed by atoms with Crippen LogP contribution in [0.2, 0.25) is 5.02 Å². The van der Waals surface area contributed by atoms with Gasteiger partial charge in [-0.3, -0.25) is 4.79 Å². The average Bonchev–Trinajstić information content (AvgIpc) is 2.80. The minimum absolute atomic E-state index is 0.209. The molecule has 1 N–H and O–H groups in total. The molecule has 1 amide bonds. The Morgan fingerprint density at radius 2 is 2.10 bits per heavy atom. The van der Waals surface area contributed by atoms with E-state index in [9.17, 15) is 4.79 Å². The maximum Gasteiger partial charge on any atom is 0.255 e. The number of hydrogen-bond donors (Lipinski definition) is 1. The molecule has 2 aromatic carbocycles. The molecule has 0 spiro atoms. The first-order valence-electron chi connectivity index (χ1n) is 6.00. The van der Waals surface area contributed by atoms with Gasteiger partial charge in [0.1, 0.15) is 5.52 Å². The van der Waals surface area contributed by atoms with Crippen LogP contribution in [0.5, 0.6) is 0 Å². The number of anilines is 1. The smallest absolute Gasteiger partial charge is 0.255 e. The number of amides is 1. The van der Waals surface area contributed by atoms with Crippen molar-refractivity contribution < 1.29 is 4.79 Å². The number of carbonyl (C=O) groups is 1. The first-order chi connectivity index (χ1) is 9.63. The van der Waals surface area contributed by atoms with E-state index in [-0.39, 0.29) is 5.91 Å². The lowest BCUT2D eigenvalue weighted by molar-refractivity contribution is 0.102. The molecular weight excluding hydrogens is 276 g/mol. The Kier molecular flexibility index (Phi) is 3.12. The molecule has 6 heteroatoms. The number of halogens is 1. The van der Waals surface area contributed by atoms with Crippen LogP contribution in [0, 0.1) is 0 Å². The molecule has 5 nitrogen and oxygen atoms in total. The molecule has 0 atom stereocenters. The second kappa shape index (κ2) is 4.94. The van der Waals surface area contributed by atoms with Gasteiger partial charge in [0, 0.05) is 23.3 Å². The summed E-state index contributed by atoms with van der Waals surface area (Å²) in [5, 5.41) is 11.3. The monoisotopic (exact) mass is 286 g/mol. The maximum absolute atomic E-state index is 12.2. The topological polar surface area (TPSA) is 59.8 Å². The Morgan fingerprint density at radius 1 is 1.25 bits per heavy atom. The minimum Gasteiger partial charge on any atom is -0.322 e. The largest absolute Gasteiger partial charge is 0.322 e. The van der Waals surface area contributed by atoms with Crippen molar-refractivity contribution in [3.8, 4) is 0 Å². The molecule has 3 rings (SSSR count). The maximum atomic E-state index is 12.2. The average molecular weight is 287 g/mol. The van der Waals surface area contributed by atoms with Gasteiger partial charge in [0.25, 0.3) is 5.91 Å². The summed E-state index contributed by atoms with van der Waals surface area (Å²) >= 11 is 5.88. The molecule has 0 radical (unpaired) electrons. The molecule has 1 heterocycles. The number of benzene rings is 2. The van der Waals surface area contributed by atoms with E-state index >= 15 is 0 Å². The Labute approximate surface area is 120 Å². The summed E-state index contributed by atoms with van der Waals surface area (Å²) in [6, 6.07) is 12.3. The number of hydrogen-bond acceptors (Lipinski definition) is 3. The minimum atomic E-state index is -0.209. The third kappa shape index (κ3) is 2.35. The van der Waals surface area contributed by atoms with Crippen LogP contribution in [0.25, 0.3) is 11.0 Å². The molecule has 0 aliphatic heterocycles. The van der Waals surface area contributed by atoms with Crippen molar-refractivity contribution in [2.24, 2.45) is 7.05 Å². The lowest BCUT2D eigenvalue weighted by Crippen LogP contribution is -2.11. The molecule has 1 aromatic heterocycles. The van der Waals surface area contributed by atoms with Crippen LogP contribution in [0.4, 0.5) is 5.69 Å². The molecule has 0 fully saturated rings. The summed E-state index contributed by atoms with van der Waals surface area (Å²) in [4.78, 5) is 12.2. The zero-order chi connectivity index (χ0) is 14.1. The van der Waals surface area contributed by atoms with E-state index in [1.54, 1.807) is 48.1 Å². The highest BCUT2D eigenvalue weighted by molar-refractivity contribution is 6.31. The van der Waals surface area contributed by atoms with Crippen LogP contribution in [-0.4, -0.2) is 20.9 Å². The fourth-order valence-electron chi connectivity index (χ4n) is 1.95. The molecule has 0 unspecified atom stereocenters. The molecule has 20 heavy (non-hydrogen) atoms. The molecule has 0 aliphatic rings. The molecule has 0 aliphatic carbocycles. The van der Waals surface area contributed by atoms with Crippen LogP contribution >= 0.6 is 11.6 Å². The van der Waals surface area contributed by atoms with Crippen molar-refractivity contribution in [2.75, 3.05) is 5.32 Å². The van der Waals surface area contributed by atoms with Crippen molar-refractivity contribution in [2.45, 2.75) is 0 Å². The van der Waals surface area contributed by atoms with Gasteiger partial charge in [0.05, 0.1) is 5.52 Å². The Bertz CT molecular complexity index is 797. The molecule has 0 bridgehead atoms. The van der Waals surface area contributed by atoms with Gasteiger partial charge in [-0.2, -0.15) is 0 Å². The van der Waals surface area contributed by atoms with E-state index in [0.29, 0.717) is 21.8 Å². The summed E-state index contributed by atoms with van der Waals surface area (Å²) in [6.07, 6.45) is 0. The van der Waals surface area contributed by atoms with E-state index in [1.807, 2.05) is 6.07 Å². The number of nitrogens with one attached hydrogen (secondary N) is 1. The van der Waals surface area contributed by atoms with Gasteiger partial charge < -0.3 is 5.32 Å². The van der Waals surface area contributed by atoms with Gasteiger partial charge >= 0.3 is 0 Å². The molecule has 0 saturated heterocycles. The zero-order valence-corrected chi connectivity index (χ0v) is 11.4. The van der Waals surface area contributed by atoms with Crippen LogP contribution in [-0.2, 0) is 7.05 Å². The number of fused-ring (bicyclic) bond motifs is 1. The van der Waals surface area contributed by atoms with Crippen LogP contribution in [0.15, 0.2) is 42.5 Å². The number of carbonyl (C=O) groups excluding carboxylic acids is 1. The predicted molar refractivity (Wildman–Crippen MR) is 77.9 cm³/mol. The SMILES string of the molecule is Cn1nnc2cc(C(=O)Nc3cccc(Cl)c3)ccc21. The quantitative estimate of drug-likeness (QED) is 0.788. The van der Waals surface area contributed by atoms with Gasteiger partial charge in [0.15, 0.2) is 0 Å². The molecular formula is C14H11ClN4O. The first-order valence-corrected chi connectivity index (χ1v) is 6.37. The van der Waals surface area contributed by atoms with Gasteiger partial charge in [0.2, 0.25) is 0 Å². The normalized spacial score (nSPS) is 10.7. The first kappa shape index (κ1) is 12.6. The Balaban J connectivity index is 1.88. The number of rotatable bonds is 2. The van der Waals surface area contributed by atoms with Gasteiger partial charge in [-0.25, -0.2) is 4.68 Å². The van der Waals surface area contributed by atoms with Crippen LogP contribution < -0.4 is 5.32 Å². The second-order valence-electron chi connectivity index (χ2n) is 4.38. The Hall–Kier alpha value is -2.40. The summed E-state index contributed by atoms with van der Waals surface area (Å²) in [5.74, 6) is -0.209. The second-order valence-corrected chi connectivity index (χ2v) is 4.82. The highest BCUT2D eigenvalue weighted by Gasteiger charge is 2.09. The van der Waals surface area contributed by atoms with E-state index in [0.717, 1.165) is 5.52 Å². The standard InChI is InChI=1S/C14H11ClN4O/c1-19-13-6-5-9(7-12(13)17-18-19)14(20)16-11-4-2-3-10(15)8-11/h2-8H,1H3,(H,16,20). The van der Waals surface area contributed by atoms with Gasteiger partial charge in [-0.05, 0) is 36.4 Å². The van der Waals surface area contributed by atoms with Crippen molar-refractivity contribution in [1.82, 2.24) is 15.0 Å². The molecule has 0 saturated carbocycles. The third-order valence-electron chi connectivity index (χ3n) is 2.96. The van der Waals surface area contributed by atoms with Crippen molar-refractivity contribution in [3.63, 3.8) is 0 Å². The summed E-state index contributed by atoms with van der Waals surface area (Å²) in [6.45, 7) is 0. The number of nitrogens with zero attached hydrogens (tertiary/aromatic N) is 3. The fraction of sp³-hybridized carbons (Fsp3) is 0.0714. The lowest BCUT2D eigenvalue weighted by atomic mass is 10.2. The van der Waals surface area contributed by atoms with Crippen molar-refractivity contribution in [3.05, 3.63) is 53.1 Å². The predicted octanol–water partition coefficient (Wildman–Crippen LogP) is 2.87. The molecule has 3 aromatic rings. The summed E-state index contributed by atoms with van der Waals surface area (Å²) in [7, 11) is 1.81. The van der Waals surface area contributed by atoms with Crippen LogP contribution in [0.3, 0.4) is 0 Å². The Morgan fingerprint density at radius 3 is 2.90 bits per heavy atom. The van der Waals surface area contributed by atoms with E-state index in [2.05, 4.69) is 15.6 Å². The molecule has 100 valence electrons. The highest BCUT2D eigenvalue weighted by atomic mass is 35.5. The van der Waals surface area contributed by atoms with Crippen molar-refractivity contribution in [1.29, 1.82) is 0 Å². The lowest BCUT2D eigenvalue weighted by Gasteiger charge is -2.05. The summed E-state index contributed by atoms with van der Waals surface area (Å²) < 4.78 is 1.66. The van der Waals surface area contributed by atoms with E-state index < -0.39 is 0 Å². The van der Waals surface area contributed by atoms with Crippen LogP contribution in [0.1, 0.15) is 10.4 Å².